The van der Waals surface area contributed by atoms with Crippen molar-refractivity contribution in [2.24, 2.45) is 0 Å². The lowest BCUT2D eigenvalue weighted by atomic mass is 10.1. The average Bonchev–Trinajstić information content (AvgIpc) is 2.55. The Kier molecular flexibility index (Phi) is 4.88. The lowest BCUT2D eigenvalue weighted by Gasteiger charge is -2.05. The topological polar surface area (TPSA) is 109 Å². The predicted octanol–water partition coefficient (Wildman–Crippen LogP) is -0.428. The number of hydrogen-bond acceptors (Lipinski definition) is 5. The third-order valence-electron chi connectivity index (χ3n) is 2.25. The molecule has 2 N–H and O–H groups in total. The van der Waals surface area contributed by atoms with Crippen LogP contribution in [0.2, 0.25) is 0 Å². The van der Waals surface area contributed by atoms with Gasteiger partial charge in [0, 0.05) is 18.5 Å². The van der Waals surface area contributed by atoms with E-state index in [0.29, 0.717) is 12.8 Å². The molecule has 0 fully saturated rings. The van der Waals surface area contributed by atoms with Crippen molar-refractivity contribution >= 4 is 19.9 Å². The zero-order chi connectivity index (χ0) is 13.8. The van der Waals surface area contributed by atoms with Crippen LogP contribution >= 0.6 is 0 Å². The van der Waals surface area contributed by atoms with E-state index in [-0.39, 0.29) is 6.54 Å². The molecular weight excluding hydrogens is 278 g/mol. The van der Waals surface area contributed by atoms with Gasteiger partial charge in [0.2, 0.25) is 10.0 Å². The summed E-state index contributed by atoms with van der Waals surface area (Å²) in [7, 11) is -7.29. The average molecular weight is 295 g/mol. The molecule has 0 saturated heterocycles. The second-order valence-electron chi connectivity index (χ2n) is 4.18. The molecule has 1 rings (SSSR count). The van der Waals surface area contributed by atoms with E-state index in [1.54, 1.807) is 6.20 Å². The van der Waals surface area contributed by atoms with Crippen LogP contribution in [0.1, 0.15) is 17.7 Å². The number of sulfone groups is 1. The molecule has 0 spiro atoms. The Morgan fingerprint density at radius 2 is 2.00 bits per heavy atom. The third-order valence-corrected chi connectivity index (χ3v) is 5.85. The largest absolute Gasteiger partial charge is 0.283 e. The first kappa shape index (κ1) is 15.1. The number of H-pyrrole nitrogens is 1. The Morgan fingerprint density at radius 3 is 2.50 bits per heavy atom. The highest BCUT2D eigenvalue weighted by Gasteiger charge is 2.17. The minimum Gasteiger partial charge on any atom is -0.283 e. The molecular formula is C9H17N3O4S2. The summed E-state index contributed by atoms with van der Waals surface area (Å²) in [4.78, 5) is 0. The zero-order valence-electron chi connectivity index (χ0n) is 10.3. The van der Waals surface area contributed by atoms with Gasteiger partial charge in [0.1, 0.15) is 0 Å². The van der Waals surface area contributed by atoms with E-state index in [2.05, 4.69) is 14.9 Å². The van der Waals surface area contributed by atoms with Crippen LogP contribution in [0, 0.1) is 6.92 Å². The Labute approximate surface area is 107 Å². The molecule has 18 heavy (non-hydrogen) atoms. The smallest absolute Gasteiger partial charge is 0.226 e. The predicted molar refractivity (Wildman–Crippen MR) is 68.3 cm³/mol. The SMILES string of the molecule is Cc1[nH]ncc1CCCNS(=O)(=O)CS(C)(=O)=O. The molecule has 1 aromatic rings. The van der Waals surface area contributed by atoms with E-state index < -0.39 is 24.9 Å². The Hall–Kier alpha value is -0.930. The molecule has 1 heterocycles. The van der Waals surface area contributed by atoms with Crippen LogP contribution in [0.3, 0.4) is 0 Å². The zero-order valence-corrected chi connectivity index (χ0v) is 11.9. The highest BCUT2D eigenvalue weighted by Crippen LogP contribution is 2.05. The summed E-state index contributed by atoms with van der Waals surface area (Å²) in [5, 5.41) is 5.77. The van der Waals surface area contributed by atoms with Crippen molar-refractivity contribution in [1.82, 2.24) is 14.9 Å². The first-order valence-corrected chi connectivity index (χ1v) is 9.05. The van der Waals surface area contributed by atoms with Crippen LogP contribution in [0.5, 0.6) is 0 Å². The molecule has 0 saturated carbocycles. The van der Waals surface area contributed by atoms with Gasteiger partial charge in [-0.1, -0.05) is 0 Å². The normalized spacial score (nSPS) is 12.8. The molecule has 9 heteroatoms. The molecule has 7 nitrogen and oxygen atoms in total. The Balaban J connectivity index is 2.36. The molecule has 0 aliphatic heterocycles. The molecule has 0 amide bonds. The number of aryl methyl sites for hydroxylation is 2. The Morgan fingerprint density at radius 1 is 1.33 bits per heavy atom. The van der Waals surface area contributed by atoms with E-state index >= 15 is 0 Å². The summed E-state index contributed by atoms with van der Waals surface area (Å²) in [5.41, 5.74) is 1.98. The maximum atomic E-state index is 11.4. The number of rotatable bonds is 7. The number of nitrogens with one attached hydrogen (secondary N) is 2. The molecule has 0 aliphatic carbocycles. The molecule has 0 aromatic carbocycles. The Bertz CT molecular complexity index is 589. The molecule has 0 unspecified atom stereocenters. The van der Waals surface area contributed by atoms with Gasteiger partial charge in [0.05, 0.1) is 6.20 Å². The van der Waals surface area contributed by atoms with Crippen LogP contribution < -0.4 is 4.72 Å². The second-order valence-corrected chi connectivity index (χ2v) is 8.49. The van der Waals surface area contributed by atoms with Crippen molar-refractivity contribution in [2.45, 2.75) is 19.8 Å². The lowest BCUT2D eigenvalue weighted by Crippen LogP contribution is -2.30. The molecule has 0 atom stereocenters. The summed E-state index contributed by atoms with van der Waals surface area (Å²) in [6.45, 7) is 2.10. The molecule has 104 valence electrons. The van der Waals surface area contributed by atoms with Crippen molar-refractivity contribution in [3.63, 3.8) is 0 Å². The van der Waals surface area contributed by atoms with Gasteiger partial charge in [-0.2, -0.15) is 5.10 Å². The minimum absolute atomic E-state index is 0.211. The van der Waals surface area contributed by atoms with Crippen LogP contribution in [0.4, 0.5) is 0 Å². The number of aromatic amines is 1. The molecule has 1 aromatic heterocycles. The lowest BCUT2D eigenvalue weighted by molar-refractivity contribution is 0.578. The van der Waals surface area contributed by atoms with E-state index in [1.807, 2.05) is 6.92 Å². The van der Waals surface area contributed by atoms with Gasteiger partial charge < -0.3 is 0 Å². The minimum atomic E-state index is -3.75. The van der Waals surface area contributed by atoms with Gasteiger partial charge in [-0.3, -0.25) is 5.10 Å². The van der Waals surface area contributed by atoms with Gasteiger partial charge in [0.15, 0.2) is 14.9 Å². The monoisotopic (exact) mass is 295 g/mol. The number of aromatic nitrogens is 2. The maximum Gasteiger partial charge on any atom is 0.226 e. The van der Waals surface area contributed by atoms with Gasteiger partial charge >= 0.3 is 0 Å². The number of sulfonamides is 1. The van der Waals surface area contributed by atoms with Crippen molar-refractivity contribution in [3.05, 3.63) is 17.5 Å². The number of hydrogen-bond donors (Lipinski definition) is 2. The quantitative estimate of drug-likeness (QED) is 0.664. The van der Waals surface area contributed by atoms with Crippen LogP contribution in [0.15, 0.2) is 6.20 Å². The number of nitrogens with zero attached hydrogens (tertiary/aromatic N) is 1. The molecule has 0 aliphatic rings. The first-order chi connectivity index (χ1) is 8.20. The van der Waals surface area contributed by atoms with Gasteiger partial charge in [-0.15, -0.1) is 0 Å². The van der Waals surface area contributed by atoms with Crippen molar-refractivity contribution in [3.8, 4) is 0 Å². The van der Waals surface area contributed by atoms with E-state index in [9.17, 15) is 16.8 Å². The van der Waals surface area contributed by atoms with Crippen LogP contribution in [0.25, 0.3) is 0 Å². The fourth-order valence-corrected chi connectivity index (χ4v) is 4.50. The second kappa shape index (κ2) is 5.81. The summed E-state index contributed by atoms with van der Waals surface area (Å²) in [6.07, 6.45) is 3.86. The van der Waals surface area contributed by atoms with Crippen molar-refractivity contribution < 1.29 is 16.8 Å². The van der Waals surface area contributed by atoms with Gasteiger partial charge in [-0.25, -0.2) is 21.6 Å². The standard InChI is InChI=1S/C9H17N3O4S2/c1-8-9(6-10-12-8)4-3-5-11-18(15,16)7-17(2,13)14/h6,11H,3-5,7H2,1-2H3,(H,10,12). The summed E-state index contributed by atoms with van der Waals surface area (Å²) in [6, 6.07) is 0. The summed E-state index contributed by atoms with van der Waals surface area (Å²) < 4.78 is 46.8. The molecule has 0 radical (unpaired) electrons. The summed E-state index contributed by atoms with van der Waals surface area (Å²) in [5.74, 6) is 0. The van der Waals surface area contributed by atoms with Crippen LogP contribution in [-0.2, 0) is 26.3 Å². The van der Waals surface area contributed by atoms with Gasteiger partial charge in [-0.05, 0) is 25.3 Å². The highest BCUT2D eigenvalue weighted by molar-refractivity contribution is 8.06. The highest BCUT2D eigenvalue weighted by atomic mass is 32.3. The maximum absolute atomic E-state index is 11.4. The fourth-order valence-electron chi connectivity index (χ4n) is 1.46. The molecule has 0 bridgehead atoms. The van der Waals surface area contributed by atoms with Crippen LogP contribution in [-0.4, -0.2) is 44.9 Å². The van der Waals surface area contributed by atoms with Crippen molar-refractivity contribution in [1.29, 1.82) is 0 Å². The first-order valence-electron chi connectivity index (χ1n) is 5.33. The van der Waals surface area contributed by atoms with E-state index in [1.165, 1.54) is 0 Å². The third kappa shape index (κ3) is 5.61. The van der Waals surface area contributed by atoms with Gasteiger partial charge in [0.25, 0.3) is 0 Å². The van der Waals surface area contributed by atoms with E-state index in [0.717, 1.165) is 17.5 Å². The fraction of sp³-hybridized carbons (Fsp3) is 0.667. The van der Waals surface area contributed by atoms with Crippen molar-refractivity contribution in [2.75, 3.05) is 17.9 Å². The summed E-state index contributed by atoms with van der Waals surface area (Å²) >= 11 is 0. The van der Waals surface area contributed by atoms with E-state index in [4.69, 9.17) is 0 Å².